The van der Waals surface area contributed by atoms with Gasteiger partial charge in [-0.1, -0.05) is 0 Å². The van der Waals surface area contributed by atoms with Crippen LogP contribution in [-0.2, 0) is 50.9 Å². The molecule has 10 aromatic heterocycles. The third-order valence-corrected chi connectivity index (χ3v) is 23.4. The molecule has 3 saturated carbocycles. The lowest BCUT2D eigenvalue weighted by Crippen LogP contribution is -2.52. The van der Waals surface area contributed by atoms with Crippen LogP contribution in [0.2, 0.25) is 0 Å². The molecule has 1 amide bonds. The van der Waals surface area contributed by atoms with Gasteiger partial charge in [0.05, 0.1) is 115 Å². The van der Waals surface area contributed by atoms with Gasteiger partial charge < -0.3 is 60.8 Å². The fraction of sp³-hybridized carbons (Fsp3) is 0.547. The topological polar surface area (TPSA) is 369 Å². The molecule has 3 aliphatic carbocycles. The maximum absolute atomic E-state index is 14.0. The van der Waals surface area contributed by atoms with Gasteiger partial charge >= 0.3 is 0 Å². The normalized spacial score (nSPS) is 21.7. The second kappa shape index (κ2) is 32.0. The van der Waals surface area contributed by atoms with Gasteiger partial charge in [-0.2, -0.15) is 20.4 Å². The van der Waals surface area contributed by atoms with Crippen molar-refractivity contribution in [2.75, 3.05) is 81.7 Å². The summed E-state index contributed by atoms with van der Waals surface area (Å²) in [6, 6.07) is 8.50. The quantitative estimate of drug-likeness (QED) is 0.0238. The molecule has 1 saturated heterocycles. The number of hydrogen-bond donors (Lipinski definition) is 6. The number of aliphatic hydroxyl groups is 1. The minimum absolute atomic E-state index is 0.00420. The van der Waals surface area contributed by atoms with E-state index in [4.69, 9.17) is 85.5 Å². The van der Waals surface area contributed by atoms with Crippen LogP contribution < -0.4 is 21.7 Å². The van der Waals surface area contributed by atoms with Crippen LogP contribution >= 0.6 is 0 Å². The monoisotopic (exact) mass is 1500 g/mol. The van der Waals surface area contributed by atoms with E-state index in [0.29, 0.717) is 56.1 Å². The van der Waals surface area contributed by atoms with Gasteiger partial charge in [0.2, 0.25) is 23.8 Å². The number of aromatic nitrogens is 17. The predicted molar refractivity (Wildman–Crippen MR) is 408 cm³/mol. The highest BCUT2D eigenvalue weighted by Gasteiger charge is 2.39. The van der Waals surface area contributed by atoms with Gasteiger partial charge in [-0.25, -0.2) is 46.3 Å². The van der Waals surface area contributed by atoms with Crippen molar-refractivity contribution >= 4 is 56.4 Å². The van der Waals surface area contributed by atoms with Crippen molar-refractivity contribution in [2.24, 2.45) is 12.8 Å². The summed E-state index contributed by atoms with van der Waals surface area (Å²) in [5, 5.41) is 64.1. The Morgan fingerprint density at radius 2 is 1.04 bits per heavy atom. The third-order valence-electron chi connectivity index (χ3n) is 21.8. The van der Waals surface area contributed by atoms with E-state index in [1.807, 2.05) is 101 Å². The number of nitrogens with zero attached hydrogens (tertiary/aromatic N) is 18. The van der Waals surface area contributed by atoms with Crippen molar-refractivity contribution in [2.45, 2.75) is 191 Å². The first kappa shape index (κ1) is 75.3. The minimum Gasteiger partial charge on any atom is -0.404 e. The zero-order valence-electron chi connectivity index (χ0n) is 63.2. The molecule has 0 radical (unpaired) electrons. The summed E-state index contributed by atoms with van der Waals surface area (Å²) < 4.78 is 68.3. The number of nitrogens with one attached hydrogen (secondary N) is 4. The molecule has 1 aliphatic heterocycles. The highest BCUT2D eigenvalue weighted by atomic mass is 32.2. The highest BCUT2D eigenvalue weighted by molar-refractivity contribution is 7.91. The molecule has 5 atom stereocenters. The molecule has 4 fully saturated rings. The predicted octanol–water partition coefficient (Wildman–Crippen LogP) is 8.82. The number of hydrogen-bond acceptors (Lipinski definition) is 24. The molecule has 0 spiro atoms. The van der Waals surface area contributed by atoms with Crippen LogP contribution in [0.5, 0.6) is 0 Å². The fourth-order valence-electron chi connectivity index (χ4n) is 16.1. The number of aliphatic hydroxyl groups excluding tert-OH is 1. The van der Waals surface area contributed by atoms with E-state index in [9.17, 15) is 18.3 Å². The number of aryl methyl sites for hydroxylation is 2. The lowest BCUT2D eigenvalue weighted by Gasteiger charge is -2.34. The van der Waals surface area contributed by atoms with Crippen molar-refractivity contribution in [3.8, 4) is 33.4 Å². The van der Waals surface area contributed by atoms with E-state index in [0.717, 1.165) is 143 Å². The van der Waals surface area contributed by atoms with E-state index in [1.54, 1.807) is 61.8 Å². The van der Waals surface area contributed by atoms with Crippen molar-refractivity contribution in [1.29, 1.82) is 5.41 Å². The van der Waals surface area contributed by atoms with E-state index < -0.39 is 27.8 Å². The molecule has 576 valence electrons. The summed E-state index contributed by atoms with van der Waals surface area (Å²) in [6.45, 7) is 13.3. The number of nitrogens with two attached hydrogens (primary N) is 1. The maximum atomic E-state index is 14.0. The molecule has 10 aromatic rings. The lowest BCUT2D eigenvalue weighted by molar-refractivity contribution is -0.139. The molecule has 4 aliphatic rings. The summed E-state index contributed by atoms with van der Waals surface area (Å²) in [5.74, 6) is 1.44. The van der Waals surface area contributed by atoms with Crippen LogP contribution in [0.15, 0.2) is 91.8 Å². The summed E-state index contributed by atoms with van der Waals surface area (Å²) in [6.07, 6.45) is 26.5. The number of anilines is 3. The first-order valence-corrected chi connectivity index (χ1v) is 39.4. The molecule has 7 N–H and O–H groups in total. The lowest BCUT2D eigenvalue weighted by atomic mass is 9.85. The summed E-state index contributed by atoms with van der Waals surface area (Å²) in [7, 11) is 3.76. The van der Waals surface area contributed by atoms with Crippen LogP contribution in [0.25, 0.3) is 49.9 Å². The molecular formula is C75H101N23O9S. The molecule has 0 aromatic carbocycles. The molecular weight excluding hydrogens is 1400 g/mol. The number of rotatable bonds is 29. The zero-order valence-corrected chi connectivity index (χ0v) is 64.0. The summed E-state index contributed by atoms with van der Waals surface area (Å²) >= 11 is 0. The third kappa shape index (κ3) is 15.9. The van der Waals surface area contributed by atoms with E-state index in [1.165, 1.54) is 12.4 Å². The van der Waals surface area contributed by atoms with Crippen LogP contribution in [0.3, 0.4) is 0 Å². The highest BCUT2D eigenvalue weighted by Crippen LogP contribution is 2.44. The molecule has 11 heterocycles. The number of methoxy groups -OCH3 is 3. The van der Waals surface area contributed by atoms with E-state index in [2.05, 4.69) is 40.2 Å². The number of ether oxygens (including phenoxy) is 5. The van der Waals surface area contributed by atoms with E-state index >= 15 is 0 Å². The molecule has 108 heavy (non-hydrogen) atoms. The first-order valence-electron chi connectivity index (χ1n) is 37.6. The van der Waals surface area contributed by atoms with Gasteiger partial charge in [0.15, 0.2) is 22.3 Å². The Morgan fingerprint density at radius 3 is 1.47 bits per heavy atom. The average Bonchev–Trinajstić information content (AvgIpc) is 1.60. The van der Waals surface area contributed by atoms with Gasteiger partial charge in [0, 0.05) is 164 Å². The largest absolute Gasteiger partial charge is 0.404 e. The number of carbonyl (C=O) groups excluding carboxylic acids is 1. The standard InChI is InChI=1S/C75H101N23O9S/c1-45-27-65(91(7)87-45)70(94-40-54(34-82-94)60-28-62(49-11-17-56(99)18-12-49)96-67(60)37-79-72(88-96)84-46(2)42-103-8)107-58-21-15-51(16-22-58)63-29-59(66-36-78-73(89-97(63)66)85-47(3)43-104-9)53-33-81-93(39-53)69(52(31-76)32-77)106-57-19-13-50(14-20-57)64-30-61(68-38-80-74(90-98(64)68)86-48(4)44-105-10)55-35-83-95(41-55)75(5,6)71(100)92-23-25-108(101,102)26-24-92/h27-41,46-51,56-58,69-70,76,99H,11-26,42-44,77H2,1-10H3,(H,84,88)(H,85,89)(H,86,90)/b52-32+,76-31?/t46-,47-,48-,49?,50?,51?,56?,57?,58?,69?,70?/m0/s1. The Labute approximate surface area is 627 Å². The van der Waals surface area contributed by atoms with Crippen LogP contribution in [0, 0.1) is 12.3 Å². The average molecular weight is 1500 g/mol. The van der Waals surface area contributed by atoms with Gasteiger partial charge in [-0.05, 0) is 143 Å². The van der Waals surface area contributed by atoms with Gasteiger partial charge in [-0.3, -0.25) is 14.2 Å². The molecule has 32 nitrogen and oxygen atoms in total. The smallest absolute Gasteiger partial charge is 0.250 e. The Hall–Kier alpha value is -9.51. The number of sulfone groups is 1. The minimum atomic E-state index is -3.19. The maximum Gasteiger partial charge on any atom is 0.250 e. The van der Waals surface area contributed by atoms with Crippen molar-refractivity contribution in [3.05, 3.63) is 120 Å². The Morgan fingerprint density at radius 1 is 0.611 bits per heavy atom. The first-order chi connectivity index (χ1) is 52.1. The second-order valence-corrected chi connectivity index (χ2v) is 32.6. The van der Waals surface area contributed by atoms with Crippen molar-refractivity contribution in [1.82, 2.24) is 87.8 Å². The molecule has 2 unspecified atom stereocenters. The summed E-state index contributed by atoms with van der Waals surface area (Å²) in [4.78, 5) is 29.9. The van der Waals surface area contributed by atoms with Crippen LogP contribution in [0.1, 0.15) is 170 Å². The molecule has 0 bridgehead atoms. The zero-order chi connectivity index (χ0) is 75.7. The number of amides is 1. The number of fused-ring (bicyclic) bond motifs is 3. The number of carbonyl (C=O) groups is 1. The Kier molecular flexibility index (Phi) is 22.3. The summed E-state index contributed by atoms with van der Waals surface area (Å²) in [5.41, 5.74) is 18.1. The Balaban J connectivity index is 0.698. The SMILES string of the molecule is COC[C@H](C)Nc1ncc2c(-c3cnn(C(OC4CCC(c5cc(-c6cnn(C(OC7CCC(c8cc(-c9cnn(C(C)(C)C(=O)N%10CCS(=O)(=O)CC%10)c9)c9cnc(N[C@@H](C)COC)nn89)CC7)/C(C=N)=C/N)c6)c6cnc(N[C@@H](C)COC)nn56)CC4)c4cc(C)nn4C)c3)cc(C3CCC(O)CC3)n2n1. The molecule has 33 heteroatoms. The van der Waals surface area contributed by atoms with Gasteiger partial charge in [-0.15, -0.1) is 15.3 Å². The fourth-order valence-corrected chi connectivity index (χ4v) is 17.3. The Bertz CT molecular complexity index is 4950. The molecule has 14 rings (SSSR count). The van der Waals surface area contributed by atoms with Gasteiger partial charge in [0.1, 0.15) is 5.54 Å². The van der Waals surface area contributed by atoms with Crippen molar-refractivity contribution < 1.29 is 42.0 Å². The van der Waals surface area contributed by atoms with Crippen LogP contribution in [0.4, 0.5) is 17.8 Å². The van der Waals surface area contributed by atoms with Crippen LogP contribution in [-0.4, -0.2) is 216 Å². The van der Waals surface area contributed by atoms with Gasteiger partial charge in [0.25, 0.3) is 0 Å². The van der Waals surface area contributed by atoms with Crippen molar-refractivity contribution in [3.63, 3.8) is 0 Å². The second-order valence-electron chi connectivity index (χ2n) is 30.3. The van der Waals surface area contributed by atoms with E-state index in [-0.39, 0.29) is 84.7 Å².